The lowest BCUT2D eigenvalue weighted by Crippen LogP contribution is -2.53. The smallest absolute Gasteiger partial charge is 0.323 e. The van der Waals surface area contributed by atoms with Crippen LogP contribution in [0.15, 0.2) is 24.3 Å². The van der Waals surface area contributed by atoms with Gasteiger partial charge in [-0.25, -0.2) is 9.69 Å². The lowest BCUT2D eigenvalue weighted by atomic mass is 9.97. The molecule has 0 bridgehead atoms. The number of carbonyl (C=O) groups is 4. The number of imide groups is 1. The Balaban J connectivity index is 1.62. The van der Waals surface area contributed by atoms with Gasteiger partial charge in [0.05, 0.1) is 4.92 Å². The Morgan fingerprint density at radius 2 is 1.93 bits per heavy atom. The minimum atomic E-state index is -1.14. The molecule has 148 valence electrons. The lowest BCUT2D eigenvalue weighted by molar-refractivity contribution is -0.384. The second-order valence-corrected chi connectivity index (χ2v) is 6.82. The van der Waals surface area contributed by atoms with Crippen LogP contribution in [0.5, 0.6) is 0 Å². The number of urea groups is 1. The Hall–Kier alpha value is -3.50. The molecular formula is C17H19N5O6. The minimum Gasteiger partial charge on any atom is -0.323 e. The van der Waals surface area contributed by atoms with E-state index in [0.717, 1.165) is 23.8 Å². The molecule has 1 saturated carbocycles. The van der Waals surface area contributed by atoms with Crippen LogP contribution in [0.2, 0.25) is 0 Å². The summed E-state index contributed by atoms with van der Waals surface area (Å²) in [4.78, 5) is 60.3. The molecule has 3 N–H and O–H groups in total. The highest BCUT2D eigenvalue weighted by Gasteiger charge is 2.54. The maximum Gasteiger partial charge on any atom is 0.325 e. The van der Waals surface area contributed by atoms with Gasteiger partial charge in [0.2, 0.25) is 0 Å². The Bertz CT molecular complexity index is 863. The number of nitro groups is 1. The molecule has 2 aliphatic rings. The van der Waals surface area contributed by atoms with Crippen LogP contribution in [-0.2, 0) is 9.59 Å². The van der Waals surface area contributed by atoms with Gasteiger partial charge < -0.3 is 5.32 Å². The average molecular weight is 389 g/mol. The standard InChI is InChI=1S/C17H19N5O6/c1-10(21-15(25)17(18-16(21)26)7-2-3-8-17)13(23)19-20-14(24)11-5-4-6-12(9-11)22(27)28/h4-6,9-10H,2-3,7-8H2,1H3,(H,18,26)(H,19,23)(H,20,24). The summed E-state index contributed by atoms with van der Waals surface area (Å²) in [7, 11) is 0. The Kier molecular flexibility index (Phi) is 4.99. The van der Waals surface area contributed by atoms with E-state index in [-0.39, 0.29) is 11.3 Å². The fourth-order valence-electron chi connectivity index (χ4n) is 3.48. The topological polar surface area (TPSA) is 151 Å². The first kappa shape index (κ1) is 19.3. The van der Waals surface area contributed by atoms with Crippen LogP contribution in [0, 0.1) is 10.1 Å². The van der Waals surface area contributed by atoms with E-state index in [1.165, 1.54) is 25.1 Å². The van der Waals surface area contributed by atoms with Gasteiger partial charge in [-0.3, -0.25) is 35.3 Å². The van der Waals surface area contributed by atoms with Gasteiger partial charge in [0.15, 0.2) is 0 Å². The molecule has 1 aromatic rings. The van der Waals surface area contributed by atoms with Gasteiger partial charge in [-0.1, -0.05) is 18.9 Å². The van der Waals surface area contributed by atoms with Crippen molar-refractivity contribution < 1.29 is 24.1 Å². The number of amides is 5. The van der Waals surface area contributed by atoms with Gasteiger partial charge in [0.25, 0.3) is 23.4 Å². The number of carbonyl (C=O) groups excluding carboxylic acids is 4. The molecule has 0 aromatic heterocycles. The predicted octanol–water partition coefficient (Wildman–Crippen LogP) is 0.609. The summed E-state index contributed by atoms with van der Waals surface area (Å²) in [5.41, 5.74) is 3.04. The highest BCUT2D eigenvalue weighted by molar-refractivity contribution is 6.10. The molecule has 0 radical (unpaired) electrons. The molecule has 1 unspecified atom stereocenters. The molecule has 1 aliphatic carbocycles. The third-order valence-electron chi connectivity index (χ3n) is 5.04. The Morgan fingerprint density at radius 3 is 2.57 bits per heavy atom. The molecule has 1 aliphatic heterocycles. The fraction of sp³-hybridized carbons (Fsp3) is 0.412. The van der Waals surface area contributed by atoms with Gasteiger partial charge in [-0.2, -0.15) is 0 Å². The van der Waals surface area contributed by atoms with E-state index in [0.29, 0.717) is 12.8 Å². The number of nitro benzene ring substituents is 1. The van der Waals surface area contributed by atoms with Crippen molar-refractivity contribution in [2.24, 2.45) is 0 Å². The van der Waals surface area contributed by atoms with Crippen LogP contribution < -0.4 is 16.2 Å². The van der Waals surface area contributed by atoms with Gasteiger partial charge in [0.1, 0.15) is 11.6 Å². The summed E-state index contributed by atoms with van der Waals surface area (Å²) in [6.07, 6.45) is 2.71. The summed E-state index contributed by atoms with van der Waals surface area (Å²) < 4.78 is 0. The van der Waals surface area contributed by atoms with Gasteiger partial charge in [0, 0.05) is 17.7 Å². The van der Waals surface area contributed by atoms with Crippen molar-refractivity contribution >= 4 is 29.4 Å². The molecule has 3 rings (SSSR count). The normalized spacial score (nSPS) is 18.7. The second kappa shape index (κ2) is 7.25. The number of nitrogens with one attached hydrogen (secondary N) is 3. The van der Waals surface area contributed by atoms with Crippen LogP contribution in [0.25, 0.3) is 0 Å². The number of hydrazine groups is 1. The third-order valence-corrected chi connectivity index (χ3v) is 5.04. The highest BCUT2D eigenvalue weighted by atomic mass is 16.6. The van der Waals surface area contributed by atoms with E-state index in [2.05, 4.69) is 16.2 Å². The van der Waals surface area contributed by atoms with Gasteiger partial charge in [-0.15, -0.1) is 0 Å². The summed E-state index contributed by atoms with van der Waals surface area (Å²) in [6.45, 7) is 1.38. The first-order valence-electron chi connectivity index (χ1n) is 8.76. The van der Waals surface area contributed by atoms with Crippen LogP contribution in [-0.4, -0.2) is 45.2 Å². The predicted molar refractivity (Wildman–Crippen MR) is 94.7 cm³/mol. The van der Waals surface area contributed by atoms with Crippen molar-refractivity contribution in [3.8, 4) is 0 Å². The largest absolute Gasteiger partial charge is 0.325 e. The Morgan fingerprint density at radius 1 is 1.25 bits per heavy atom. The molecule has 1 spiro atoms. The monoisotopic (exact) mass is 389 g/mol. The van der Waals surface area contributed by atoms with Crippen molar-refractivity contribution in [3.63, 3.8) is 0 Å². The summed E-state index contributed by atoms with van der Waals surface area (Å²) >= 11 is 0. The van der Waals surface area contributed by atoms with Crippen molar-refractivity contribution in [2.75, 3.05) is 0 Å². The minimum absolute atomic E-state index is 0.0259. The molecule has 11 heteroatoms. The van der Waals surface area contributed by atoms with E-state index in [1.54, 1.807) is 0 Å². The van der Waals surface area contributed by atoms with Crippen LogP contribution in [0.4, 0.5) is 10.5 Å². The van der Waals surface area contributed by atoms with E-state index in [1.807, 2.05) is 0 Å². The molecule has 11 nitrogen and oxygen atoms in total. The van der Waals surface area contributed by atoms with Crippen LogP contribution in [0.3, 0.4) is 0 Å². The lowest BCUT2D eigenvalue weighted by Gasteiger charge is -2.23. The first-order chi connectivity index (χ1) is 13.2. The quantitative estimate of drug-likeness (QED) is 0.390. The van der Waals surface area contributed by atoms with Gasteiger partial charge >= 0.3 is 6.03 Å². The SMILES string of the molecule is CC(C(=O)NNC(=O)c1cccc([N+](=O)[O-])c1)N1C(=O)NC2(CCCC2)C1=O. The number of benzene rings is 1. The maximum absolute atomic E-state index is 12.7. The zero-order chi connectivity index (χ0) is 20.5. The molecule has 28 heavy (non-hydrogen) atoms. The number of hydrogen-bond acceptors (Lipinski definition) is 6. The molecule has 5 amide bonds. The summed E-state index contributed by atoms with van der Waals surface area (Å²) in [5.74, 6) is -1.98. The molecule has 1 saturated heterocycles. The fourth-order valence-corrected chi connectivity index (χ4v) is 3.48. The van der Waals surface area contributed by atoms with Crippen molar-refractivity contribution in [2.45, 2.75) is 44.2 Å². The molecule has 2 fully saturated rings. The Labute approximate surface area is 159 Å². The first-order valence-corrected chi connectivity index (χ1v) is 8.76. The maximum atomic E-state index is 12.7. The zero-order valence-electron chi connectivity index (χ0n) is 15.1. The molecule has 1 heterocycles. The number of nitrogens with zero attached hydrogens (tertiary/aromatic N) is 2. The van der Waals surface area contributed by atoms with Gasteiger partial charge in [-0.05, 0) is 25.8 Å². The van der Waals surface area contributed by atoms with Crippen molar-refractivity contribution in [3.05, 3.63) is 39.9 Å². The third kappa shape index (κ3) is 3.38. The average Bonchev–Trinajstić information content (AvgIpc) is 3.24. The molecule has 1 atom stereocenters. The second-order valence-electron chi connectivity index (χ2n) is 6.82. The van der Waals surface area contributed by atoms with Crippen molar-refractivity contribution in [1.29, 1.82) is 0 Å². The molecule has 1 aromatic carbocycles. The molecular weight excluding hydrogens is 370 g/mol. The van der Waals surface area contributed by atoms with E-state index in [4.69, 9.17) is 0 Å². The van der Waals surface area contributed by atoms with E-state index < -0.39 is 40.3 Å². The number of rotatable bonds is 4. The van der Waals surface area contributed by atoms with E-state index >= 15 is 0 Å². The van der Waals surface area contributed by atoms with E-state index in [9.17, 15) is 29.3 Å². The van der Waals surface area contributed by atoms with Crippen LogP contribution >= 0.6 is 0 Å². The van der Waals surface area contributed by atoms with Crippen molar-refractivity contribution in [1.82, 2.24) is 21.1 Å². The summed E-state index contributed by atoms with van der Waals surface area (Å²) in [6, 6.07) is 3.20. The number of non-ortho nitro benzene ring substituents is 1. The zero-order valence-corrected chi connectivity index (χ0v) is 15.1. The summed E-state index contributed by atoms with van der Waals surface area (Å²) in [5, 5.41) is 13.5. The number of hydrogen-bond donors (Lipinski definition) is 3. The van der Waals surface area contributed by atoms with Crippen LogP contribution in [0.1, 0.15) is 43.0 Å². The highest BCUT2D eigenvalue weighted by Crippen LogP contribution is 2.35.